The molecule has 0 aliphatic carbocycles. The van der Waals surface area contributed by atoms with E-state index in [0.29, 0.717) is 5.76 Å². The summed E-state index contributed by atoms with van der Waals surface area (Å²) < 4.78 is 9.59. The molecule has 1 atom stereocenters. The van der Waals surface area contributed by atoms with Crippen LogP contribution in [0.3, 0.4) is 0 Å². The molecule has 6 nitrogen and oxygen atoms in total. The van der Waals surface area contributed by atoms with Gasteiger partial charge in [-0.1, -0.05) is 0 Å². The summed E-state index contributed by atoms with van der Waals surface area (Å²) >= 11 is 0. The van der Waals surface area contributed by atoms with Crippen LogP contribution in [-0.2, 0) is 20.7 Å². The van der Waals surface area contributed by atoms with Crippen molar-refractivity contribution < 1.29 is 23.8 Å². The zero-order chi connectivity index (χ0) is 12.2. The molecule has 0 fully saturated rings. The molecule has 0 radical (unpaired) electrons. The Balaban J connectivity index is 2.88. The number of carboxylic acids is 1. The minimum absolute atomic E-state index is 0.0726. The van der Waals surface area contributed by atoms with E-state index in [0.717, 1.165) is 0 Å². The van der Waals surface area contributed by atoms with E-state index in [2.05, 4.69) is 4.74 Å². The van der Waals surface area contributed by atoms with E-state index < -0.39 is 17.5 Å². The van der Waals surface area contributed by atoms with Gasteiger partial charge in [0.25, 0.3) is 0 Å². The van der Waals surface area contributed by atoms with Crippen molar-refractivity contribution in [2.45, 2.75) is 18.9 Å². The van der Waals surface area contributed by atoms with Gasteiger partial charge in [0.2, 0.25) is 5.54 Å². The number of rotatable bonds is 5. The van der Waals surface area contributed by atoms with Gasteiger partial charge in [-0.05, 0) is 19.1 Å². The number of carbonyl (C=O) groups excluding carboxylic acids is 1. The number of furan rings is 1. The number of ether oxygens (including phenoxy) is 1. The number of nitrogens with two attached hydrogens (primary N) is 1. The highest BCUT2D eigenvalue weighted by Gasteiger charge is 2.44. The molecular formula is C10H13NO5. The van der Waals surface area contributed by atoms with Gasteiger partial charge in [0.15, 0.2) is 0 Å². The third kappa shape index (κ3) is 2.40. The number of aliphatic carboxylic acids is 1. The summed E-state index contributed by atoms with van der Waals surface area (Å²) in [6, 6.07) is 3.13. The van der Waals surface area contributed by atoms with Crippen molar-refractivity contribution in [2.24, 2.45) is 5.73 Å². The molecule has 0 bridgehead atoms. The molecule has 1 heterocycles. The summed E-state index contributed by atoms with van der Waals surface area (Å²) in [5.74, 6) is -2.10. The number of hydrogen-bond donors (Lipinski definition) is 2. The highest BCUT2D eigenvalue weighted by Crippen LogP contribution is 2.14. The van der Waals surface area contributed by atoms with Crippen molar-refractivity contribution in [1.29, 1.82) is 0 Å². The molecule has 0 aliphatic rings. The lowest BCUT2D eigenvalue weighted by Crippen LogP contribution is -2.57. The summed E-state index contributed by atoms with van der Waals surface area (Å²) in [5.41, 5.74) is 3.42. The first-order valence-corrected chi connectivity index (χ1v) is 4.72. The number of hydrogen-bond acceptors (Lipinski definition) is 5. The lowest BCUT2D eigenvalue weighted by Gasteiger charge is -2.20. The van der Waals surface area contributed by atoms with E-state index in [4.69, 9.17) is 15.3 Å². The van der Waals surface area contributed by atoms with Crippen LogP contribution in [0.15, 0.2) is 22.8 Å². The molecular weight excluding hydrogens is 214 g/mol. The first-order chi connectivity index (χ1) is 7.50. The quantitative estimate of drug-likeness (QED) is 0.549. The molecule has 16 heavy (non-hydrogen) atoms. The highest BCUT2D eigenvalue weighted by atomic mass is 16.5. The Labute approximate surface area is 92.0 Å². The Bertz CT molecular complexity index is 373. The van der Waals surface area contributed by atoms with Gasteiger partial charge < -0.3 is 20.0 Å². The van der Waals surface area contributed by atoms with Gasteiger partial charge in [-0.3, -0.25) is 0 Å². The number of esters is 1. The van der Waals surface area contributed by atoms with E-state index in [9.17, 15) is 9.59 Å². The van der Waals surface area contributed by atoms with Crippen LogP contribution in [0.2, 0.25) is 0 Å². The third-order valence-electron chi connectivity index (χ3n) is 2.05. The fourth-order valence-electron chi connectivity index (χ4n) is 1.18. The fourth-order valence-corrected chi connectivity index (χ4v) is 1.18. The van der Waals surface area contributed by atoms with Crippen LogP contribution < -0.4 is 5.73 Å². The first kappa shape index (κ1) is 12.3. The van der Waals surface area contributed by atoms with Crippen LogP contribution in [-0.4, -0.2) is 29.2 Å². The third-order valence-corrected chi connectivity index (χ3v) is 2.05. The Morgan fingerprint density at radius 1 is 1.62 bits per heavy atom. The van der Waals surface area contributed by atoms with Crippen molar-refractivity contribution in [3.63, 3.8) is 0 Å². The Morgan fingerprint density at radius 2 is 2.31 bits per heavy atom. The maximum absolute atomic E-state index is 11.5. The molecule has 88 valence electrons. The van der Waals surface area contributed by atoms with Crippen LogP contribution >= 0.6 is 0 Å². The van der Waals surface area contributed by atoms with E-state index >= 15 is 0 Å². The standard InChI is InChI=1S/C10H13NO5/c1-2-15-9(14)10(11,8(12)13)6-7-4-3-5-16-7/h3-5H,2,6,11H2,1H3,(H,12,13). The number of carbonyl (C=O) groups is 2. The molecule has 0 spiro atoms. The summed E-state index contributed by atoms with van der Waals surface area (Å²) in [6.07, 6.45) is 1.14. The van der Waals surface area contributed by atoms with Crippen molar-refractivity contribution >= 4 is 11.9 Å². The van der Waals surface area contributed by atoms with Crippen molar-refractivity contribution in [3.8, 4) is 0 Å². The van der Waals surface area contributed by atoms with Gasteiger partial charge in [0.05, 0.1) is 12.9 Å². The van der Waals surface area contributed by atoms with E-state index in [1.807, 2.05) is 0 Å². The maximum Gasteiger partial charge on any atom is 0.338 e. The first-order valence-electron chi connectivity index (χ1n) is 4.72. The summed E-state index contributed by atoms with van der Waals surface area (Å²) in [4.78, 5) is 22.5. The Hall–Kier alpha value is -1.82. The van der Waals surface area contributed by atoms with E-state index in [1.54, 1.807) is 19.1 Å². The SMILES string of the molecule is CCOC(=O)C(N)(Cc1ccco1)C(=O)O. The maximum atomic E-state index is 11.5. The molecule has 0 saturated heterocycles. The van der Waals surface area contributed by atoms with Crippen LogP contribution in [0.4, 0.5) is 0 Å². The van der Waals surface area contributed by atoms with Gasteiger partial charge in [-0.25, -0.2) is 9.59 Å². The van der Waals surface area contributed by atoms with Gasteiger partial charge in [0.1, 0.15) is 5.76 Å². The van der Waals surface area contributed by atoms with Gasteiger partial charge >= 0.3 is 11.9 Å². The van der Waals surface area contributed by atoms with Crippen molar-refractivity contribution in [2.75, 3.05) is 6.61 Å². The summed E-state index contributed by atoms with van der Waals surface area (Å²) in [5, 5.41) is 8.96. The predicted molar refractivity (Wildman–Crippen MR) is 53.6 cm³/mol. The molecule has 0 aromatic carbocycles. The molecule has 3 N–H and O–H groups in total. The minimum atomic E-state index is -2.10. The van der Waals surface area contributed by atoms with Crippen molar-refractivity contribution in [1.82, 2.24) is 0 Å². The molecule has 1 aromatic heterocycles. The van der Waals surface area contributed by atoms with Gasteiger partial charge in [-0.2, -0.15) is 0 Å². The monoisotopic (exact) mass is 227 g/mol. The predicted octanol–water partition coefficient (Wildman–Crippen LogP) is 0.167. The fraction of sp³-hybridized carbons (Fsp3) is 0.400. The lowest BCUT2D eigenvalue weighted by molar-refractivity contribution is -0.160. The molecule has 1 rings (SSSR count). The van der Waals surface area contributed by atoms with Crippen molar-refractivity contribution in [3.05, 3.63) is 24.2 Å². The number of carboxylic acid groups (broad SMARTS) is 1. The normalized spacial score (nSPS) is 14.1. The molecule has 1 aromatic rings. The molecule has 0 saturated carbocycles. The van der Waals surface area contributed by atoms with Crippen LogP contribution in [0.5, 0.6) is 0 Å². The summed E-state index contributed by atoms with van der Waals surface area (Å²) in [6.45, 7) is 1.65. The molecule has 1 unspecified atom stereocenters. The molecule has 0 aliphatic heterocycles. The van der Waals surface area contributed by atoms with Crippen LogP contribution in [0.25, 0.3) is 0 Å². The zero-order valence-electron chi connectivity index (χ0n) is 8.80. The molecule has 6 heteroatoms. The van der Waals surface area contributed by atoms with E-state index in [1.165, 1.54) is 6.26 Å². The second kappa shape index (κ2) is 4.80. The summed E-state index contributed by atoms with van der Waals surface area (Å²) in [7, 11) is 0. The largest absolute Gasteiger partial charge is 0.479 e. The smallest absolute Gasteiger partial charge is 0.338 e. The molecule has 0 amide bonds. The Morgan fingerprint density at radius 3 is 2.75 bits per heavy atom. The average Bonchev–Trinajstić information content (AvgIpc) is 2.70. The highest BCUT2D eigenvalue weighted by molar-refractivity contribution is 6.04. The Kier molecular flexibility index (Phi) is 3.68. The average molecular weight is 227 g/mol. The second-order valence-electron chi connectivity index (χ2n) is 3.25. The van der Waals surface area contributed by atoms with Crippen LogP contribution in [0, 0.1) is 0 Å². The minimum Gasteiger partial charge on any atom is -0.479 e. The van der Waals surface area contributed by atoms with E-state index in [-0.39, 0.29) is 13.0 Å². The van der Waals surface area contributed by atoms with Gasteiger partial charge in [-0.15, -0.1) is 0 Å². The lowest BCUT2D eigenvalue weighted by atomic mass is 9.95. The zero-order valence-corrected chi connectivity index (χ0v) is 8.80. The van der Waals surface area contributed by atoms with Gasteiger partial charge in [0, 0.05) is 6.42 Å². The van der Waals surface area contributed by atoms with Crippen LogP contribution in [0.1, 0.15) is 12.7 Å². The topological polar surface area (TPSA) is 103 Å². The second-order valence-corrected chi connectivity index (χ2v) is 3.25.